The SMILES string of the molecule is CCOc1ccc(Br)cc1C(Cl)C1(c2ccccc2)CC1. The molecule has 0 heterocycles. The first-order chi connectivity index (χ1) is 10.2. The molecule has 1 unspecified atom stereocenters. The lowest BCUT2D eigenvalue weighted by Crippen LogP contribution is -2.15. The topological polar surface area (TPSA) is 9.23 Å². The average molecular weight is 366 g/mol. The average Bonchev–Trinajstić information content (AvgIpc) is 3.31. The fourth-order valence-corrected chi connectivity index (χ4v) is 3.79. The van der Waals surface area contributed by atoms with Crippen LogP contribution in [0.4, 0.5) is 0 Å². The summed E-state index contributed by atoms with van der Waals surface area (Å²) in [7, 11) is 0. The number of ether oxygens (including phenoxy) is 1. The molecule has 1 fully saturated rings. The molecule has 0 N–H and O–H groups in total. The zero-order chi connectivity index (χ0) is 14.9. The van der Waals surface area contributed by atoms with Crippen molar-refractivity contribution in [3.8, 4) is 5.75 Å². The normalized spacial score (nSPS) is 17.3. The minimum absolute atomic E-state index is 0.0511. The molecular weight excluding hydrogens is 348 g/mol. The van der Waals surface area contributed by atoms with Gasteiger partial charge in [0.05, 0.1) is 12.0 Å². The number of alkyl halides is 1. The van der Waals surface area contributed by atoms with Crippen molar-refractivity contribution in [2.75, 3.05) is 6.61 Å². The Hall–Kier alpha value is -0.990. The van der Waals surface area contributed by atoms with Crippen LogP contribution in [-0.2, 0) is 5.41 Å². The molecule has 0 aliphatic heterocycles. The van der Waals surface area contributed by atoms with Gasteiger partial charge in [0.25, 0.3) is 0 Å². The largest absolute Gasteiger partial charge is 0.494 e. The molecule has 1 aliphatic rings. The van der Waals surface area contributed by atoms with Gasteiger partial charge in [-0.25, -0.2) is 0 Å². The Kier molecular flexibility index (Phi) is 4.28. The van der Waals surface area contributed by atoms with Gasteiger partial charge in [-0.05, 0) is 43.5 Å². The summed E-state index contributed by atoms with van der Waals surface area (Å²) in [6.45, 7) is 2.65. The van der Waals surface area contributed by atoms with Gasteiger partial charge in [0, 0.05) is 15.5 Å². The molecule has 1 atom stereocenters. The van der Waals surface area contributed by atoms with Gasteiger partial charge in [-0.15, -0.1) is 11.6 Å². The smallest absolute Gasteiger partial charge is 0.124 e. The van der Waals surface area contributed by atoms with Crippen molar-refractivity contribution < 1.29 is 4.74 Å². The highest BCUT2D eigenvalue weighted by Gasteiger charge is 2.51. The van der Waals surface area contributed by atoms with Crippen LogP contribution in [0.25, 0.3) is 0 Å². The predicted octanol–water partition coefficient (Wildman–Crippen LogP) is 5.86. The van der Waals surface area contributed by atoms with Crippen molar-refractivity contribution >= 4 is 27.5 Å². The molecule has 2 aromatic carbocycles. The summed E-state index contributed by atoms with van der Waals surface area (Å²) in [6.07, 6.45) is 2.26. The molecule has 110 valence electrons. The van der Waals surface area contributed by atoms with Crippen LogP contribution in [0.3, 0.4) is 0 Å². The highest BCUT2D eigenvalue weighted by molar-refractivity contribution is 9.10. The molecule has 1 aliphatic carbocycles. The molecule has 0 amide bonds. The van der Waals surface area contributed by atoms with E-state index in [1.165, 1.54) is 5.56 Å². The van der Waals surface area contributed by atoms with E-state index in [2.05, 4.69) is 46.3 Å². The maximum Gasteiger partial charge on any atom is 0.124 e. The Morgan fingerprint density at radius 1 is 1.19 bits per heavy atom. The molecule has 2 aromatic rings. The van der Waals surface area contributed by atoms with E-state index in [9.17, 15) is 0 Å². The van der Waals surface area contributed by atoms with Crippen molar-refractivity contribution in [3.05, 3.63) is 64.1 Å². The molecule has 0 saturated heterocycles. The maximum absolute atomic E-state index is 6.91. The lowest BCUT2D eigenvalue weighted by Gasteiger charge is -2.24. The number of halogens is 2. The molecule has 1 saturated carbocycles. The first-order valence-corrected chi connectivity index (χ1v) is 8.52. The summed E-state index contributed by atoms with van der Waals surface area (Å²) in [4.78, 5) is 0. The third-order valence-electron chi connectivity index (χ3n) is 4.17. The van der Waals surface area contributed by atoms with Crippen molar-refractivity contribution in [1.29, 1.82) is 0 Å². The quantitative estimate of drug-likeness (QED) is 0.603. The monoisotopic (exact) mass is 364 g/mol. The fraction of sp³-hybridized carbons (Fsp3) is 0.333. The third-order valence-corrected chi connectivity index (χ3v) is 5.31. The second kappa shape index (κ2) is 6.02. The van der Waals surface area contributed by atoms with Gasteiger partial charge in [0.2, 0.25) is 0 Å². The van der Waals surface area contributed by atoms with E-state index in [1.54, 1.807) is 0 Å². The Balaban J connectivity index is 1.99. The van der Waals surface area contributed by atoms with Crippen molar-refractivity contribution in [3.63, 3.8) is 0 Å². The van der Waals surface area contributed by atoms with Gasteiger partial charge in [0.15, 0.2) is 0 Å². The maximum atomic E-state index is 6.91. The van der Waals surface area contributed by atoms with E-state index in [0.29, 0.717) is 6.61 Å². The molecular formula is C18H18BrClO. The van der Waals surface area contributed by atoms with Crippen LogP contribution < -0.4 is 4.74 Å². The third kappa shape index (κ3) is 2.84. The molecule has 3 rings (SSSR count). The highest BCUT2D eigenvalue weighted by atomic mass is 79.9. The van der Waals surface area contributed by atoms with Crippen LogP contribution in [-0.4, -0.2) is 6.61 Å². The van der Waals surface area contributed by atoms with Crippen LogP contribution in [0, 0.1) is 0 Å². The van der Waals surface area contributed by atoms with E-state index in [1.807, 2.05) is 25.1 Å². The van der Waals surface area contributed by atoms with Crippen molar-refractivity contribution in [2.45, 2.75) is 30.6 Å². The zero-order valence-corrected chi connectivity index (χ0v) is 14.3. The molecule has 21 heavy (non-hydrogen) atoms. The molecule has 0 bridgehead atoms. The predicted molar refractivity (Wildman–Crippen MR) is 91.3 cm³/mol. The fourth-order valence-electron chi connectivity index (χ4n) is 2.90. The molecule has 3 heteroatoms. The second-order valence-electron chi connectivity index (χ2n) is 5.50. The second-order valence-corrected chi connectivity index (χ2v) is 6.85. The zero-order valence-electron chi connectivity index (χ0n) is 12.0. The first kappa shape index (κ1) is 14.9. The summed E-state index contributed by atoms with van der Waals surface area (Å²) in [6, 6.07) is 16.7. The highest BCUT2D eigenvalue weighted by Crippen LogP contribution is 2.60. The lowest BCUT2D eigenvalue weighted by molar-refractivity contribution is 0.334. The van der Waals surface area contributed by atoms with Crippen LogP contribution in [0.15, 0.2) is 53.0 Å². The number of benzene rings is 2. The van der Waals surface area contributed by atoms with E-state index >= 15 is 0 Å². The minimum Gasteiger partial charge on any atom is -0.494 e. The number of hydrogen-bond acceptors (Lipinski definition) is 1. The Labute approximate surface area is 139 Å². The summed E-state index contributed by atoms with van der Waals surface area (Å²) in [5, 5.41) is -0.0704. The molecule has 0 aromatic heterocycles. The summed E-state index contributed by atoms with van der Waals surface area (Å²) < 4.78 is 6.80. The van der Waals surface area contributed by atoms with Crippen LogP contribution >= 0.6 is 27.5 Å². The standard InChI is InChI=1S/C18H18BrClO/c1-2-21-16-9-8-14(19)12-15(16)17(20)18(10-11-18)13-6-4-3-5-7-13/h3-9,12,17H,2,10-11H2,1H3. The van der Waals surface area contributed by atoms with Gasteiger partial charge in [-0.2, -0.15) is 0 Å². The van der Waals surface area contributed by atoms with Crippen molar-refractivity contribution in [1.82, 2.24) is 0 Å². The molecule has 1 nitrogen and oxygen atoms in total. The van der Waals surface area contributed by atoms with Gasteiger partial charge in [-0.3, -0.25) is 0 Å². The molecule has 0 radical (unpaired) electrons. The van der Waals surface area contributed by atoms with Gasteiger partial charge >= 0.3 is 0 Å². The van der Waals surface area contributed by atoms with Crippen LogP contribution in [0.1, 0.15) is 36.3 Å². The van der Waals surface area contributed by atoms with E-state index < -0.39 is 0 Å². The van der Waals surface area contributed by atoms with E-state index in [-0.39, 0.29) is 10.8 Å². The minimum atomic E-state index is -0.0704. The van der Waals surface area contributed by atoms with E-state index in [0.717, 1.165) is 28.6 Å². The Morgan fingerprint density at radius 2 is 1.90 bits per heavy atom. The van der Waals surface area contributed by atoms with Crippen LogP contribution in [0.5, 0.6) is 5.75 Å². The van der Waals surface area contributed by atoms with Gasteiger partial charge in [-0.1, -0.05) is 46.3 Å². The lowest BCUT2D eigenvalue weighted by atomic mass is 9.88. The Bertz CT molecular complexity index is 622. The van der Waals surface area contributed by atoms with E-state index in [4.69, 9.17) is 16.3 Å². The van der Waals surface area contributed by atoms with Crippen LogP contribution in [0.2, 0.25) is 0 Å². The van der Waals surface area contributed by atoms with Gasteiger partial charge in [0.1, 0.15) is 5.75 Å². The number of rotatable bonds is 5. The number of hydrogen-bond donors (Lipinski definition) is 0. The Morgan fingerprint density at radius 3 is 2.52 bits per heavy atom. The summed E-state index contributed by atoms with van der Waals surface area (Å²) >= 11 is 10.5. The van der Waals surface area contributed by atoms with Gasteiger partial charge < -0.3 is 4.74 Å². The summed E-state index contributed by atoms with van der Waals surface area (Å²) in [5.41, 5.74) is 2.46. The van der Waals surface area contributed by atoms with Crippen molar-refractivity contribution in [2.24, 2.45) is 0 Å². The summed E-state index contributed by atoms with van der Waals surface area (Å²) in [5.74, 6) is 0.892. The first-order valence-electron chi connectivity index (χ1n) is 7.29. The molecule has 0 spiro atoms.